The quantitative estimate of drug-likeness (QED) is 0.451. The summed E-state index contributed by atoms with van der Waals surface area (Å²) >= 11 is 12.0. The smallest absolute Gasteiger partial charge is 0.282 e. The number of halogens is 4. The number of anilines is 1. The van der Waals surface area contributed by atoms with Gasteiger partial charge in [-0.1, -0.05) is 47.5 Å². The topological polar surface area (TPSA) is 88.0 Å². The Morgan fingerprint density at radius 1 is 1.12 bits per heavy atom. The molecule has 1 aliphatic carbocycles. The van der Waals surface area contributed by atoms with Crippen LogP contribution in [0.3, 0.4) is 0 Å². The van der Waals surface area contributed by atoms with E-state index in [9.17, 15) is 18.4 Å². The van der Waals surface area contributed by atoms with Crippen molar-refractivity contribution in [3.8, 4) is 0 Å². The van der Waals surface area contributed by atoms with Crippen molar-refractivity contribution in [2.24, 2.45) is 7.05 Å². The highest BCUT2D eigenvalue weighted by Crippen LogP contribution is 2.32. The lowest BCUT2D eigenvalue weighted by molar-refractivity contribution is -0.126. The highest BCUT2D eigenvalue weighted by molar-refractivity contribution is 6.36. The van der Waals surface area contributed by atoms with E-state index in [-0.39, 0.29) is 23.4 Å². The van der Waals surface area contributed by atoms with Crippen LogP contribution >= 0.6 is 23.2 Å². The molecule has 0 saturated heterocycles. The Morgan fingerprint density at radius 2 is 1.79 bits per heavy atom. The van der Waals surface area contributed by atoms with Crippen LogP contribution in [0.25, 0.3) is 0 Å². The highest BCUT2D eigenvalue weighted by Gasteiger charge is 2.46. The summed E-state index contributed by atoms with van der Waals surface area (Å²) in [4.78, 5) is 26.4. The first-order chi connectivity index (χ1) is 15.7. The van der Waals surface area contributed by atoms with Crippen LogP contribution in [-0.4, -0.2) is 27.1 Å². The molecule has 3 N–H and O–H groups in total. The van der Waals surface area contributed by atoms with Gasteiger partial charge in [0.05, 0.1) is 16.3 Å². The second-order valence-electron chi connectivity index (χ2n) is 7.76. The predicted octanol–water partition coefficient (Wildman–Crippen LogP) is 4.08. The average molecular weight is 494 g/mol. The van der Waals surface area contributed by atoms with Crippen molar-refractivity contribution in [2.75, 3.05) is 5.43 Å². The maximum atomic E-state index is 13.4. The first kappa shape index (κ1) is 23.0. The van der Waals surface area contributed by atoms with Gasteiger partial charge in [0, 0.05) is 31.1 Å². The number of aryl methyl sites for hydroxylation is 1. The van der Waals surface area contributed by atoms with Gasteiger partial charge in [0.1, 0.15) is 11.2 Å². The number of nitrogens with zero attached hydrogens (tertiary/aromatic N) is 2. The van der Waals surface area contributed by atoms with Gasteiger partial charge in [-0.15, -0.1) is 0 Å². The number of rotatable bonds is 6. The number of amides is 2. The summed E-state index contributed by atoms with van der Waals surface area (Å²) in [5, 5.41) is 7.08. The maximum Gasteiger partial charge on any atom is 0.282 e. The van der Waals surface area contributed by atoms with E-state index in [1.165, 1.54) is 19.3 Å². The van der Waals surface area contributed by atoms with Crippen LogP contribution in [0.2, 0.25) is 10.0 Å². The molecule has 0 fully saturated rings. The summed E-state index contributed by atoms with van der Waals surface area (Å²) in [5.41, 5.74) is 5.11. The molecule has 0 unspecified atom stereocenters. The van der Waals surface area contributed by atoms with Crippen LogP contribution in [0, 0.1) is 0 Å². The van der Waals surface area contributed by atoms with Crippen molar-refractivity contribution in [1.29, 1.82) is 0 Å². The molecule has 2 amide bonds. The van der Waals surface area contributed by atoms with Crippen molar-refractivity contribution in [2.45, 2.75) is 24.8 Å². The lowest BCUT2D eigenvalue weighted by atomic mass is 9.94. The number of fused-ring (bicyclic) bond motifs is 1. The van der Waals surface area contributed by atoms with E-state index < -0.39 is 29.5 Å². The number of carbonyl (C=O) groups excluding carboxylic acids is 2. The summed E-state index contributed by atoms with van der Waals surface area (Å²) in [6, 6.07) is 12.1. The lowest BCUT2D eigenvalue weighted by Crippen LogP contribution is -2.60. The lowest BCUT2D eigenvalue weighted by Gasteiger charge is -2.29. The van der Waals surface area contributed by atoms with Gasteiger partial charge in [0.2, 0.25) is 0 Å². The molecular formula is C22H19Cl2F2N5O2. The van der Waals surface area contributed by atoms with Crippen LogP contribution in [0.4, 0.5) is 14.5 Å². The van der Waals surface area contributed by atoms with E-state index in [1.807, 2.05) is 24.3 Å². The third-order valence-corrected chi connectivity index (χ3v) is 5.99. The first-order valence-corrected chi connectivity index (χ1v) is 10.7. The Hall–Kier alpha value is -3.17. The summed E-state index contributed by atoms with van der Waals surface area (Å²) in [7, 11) is 1.44. The van der Waals surface area contributed by atoms with E-state index in [1.54, 1.807) is 12.1 Å². The standard InChI is InChI=1S/C22H19Cl2F2N5O2/c1-31-11-15(18(30-31)19(25)26)20(32)27-22(9-12-4-2-3-5-13(12)10-22)21(33)29-28-17-7-6-14(23)8-16(17)24/h2-8,11,19,28H,9-10H2,1H3,(H,27,32)(H,29,33). The zero-order valence-electron chi connectivity index (χ0n) is 17.3. The van der Waals surface area contributed by atoms with Crippen molar-refractivity contribution < 1.29 is 18.4 Å². The van der Waals surface area contributed by atoms with E-state index in [0.717, 1.165) is 15.8 Å². The molecule has 0 saturated carbocycles. The number of carbonyl (C=O) groups is 2. The number of aromatic nitrogens is 2. The minimum atomic E-state index is -2.94. The van der Waals surface area contributed by atoms with Crippen molar-refractivity contribution in [1.82, 2.24) is 20.5 Å². The van der Waals surface area contributed by atoms with Gasteiger partial charge in [-0.05, 0) is 29.3 Å². The minimum absolute atomic E-state index is 0.182. The van der Waals surface area contributed by atoms with Crippen molar-refractivity contribution in [3.05, 3.63) is 81.1 Å². The van der Waals surface area contributed by atoms with Gasteiger partial charge in [-0.2, -0.15) is 5.10 Å². The molecule has 4 rings (SSSR count). The van der Waals surface area contributed by atoms with Gasteiger partial charge >= 0.3 is 0 Å². The SMILES string of the molecule is Cn1cc(C(=O)NC2(C(=O)NNc3ccc(Cl)cc3Cl)Cc3ccccc3C2)c(C(F)F)n1. The fourth-order valence-corrected chi connectivity index (χ4v) is 4.34. The molecule has 1 aliphatic rings. The molecule has 0 bridgehead atoms. The predicted molar refractivity (Wildman–Crippen MR) is 120 cm³/mol. The molecule has 7 nitrogen and oxygen atoms in total. The molecule has 1 aromatic heterocycles. The zero-order chi connectivity index (χ0) is 23.8. The van der Waals surface area contributed by atoms with Gasteiger partial charge in [-0.3, -0.25) is 25.1 Å². The number of hydrogen-bond donors (Lipinski definition) is 3. The molecule has 11 heteroatoms. The average Bonchev–Trinajstić information content (AvgIpc) is 3.34. The summed E-state index contributed by atoms with van der Waals surface area (Å²) in [5.74, 6) is -1.37. The molecule has 0 radical (unpaired) electrons. The Morgan fingerprint density at radius 3 is 2.39 bits per heavy atom. The monoisotopic (exact) mass is 493 g/mol. The molecule has 3 aromatic rings. The van der Waals surface area contributed by atoms with Gasteiger partial charge < -0.3 is 5.32 Å². The second kappa shape index (κ2) is 8.99. The number of benzene rings is 2. The summed E-state index contributed by atoms with van der Waals surface area (Å²) < 4.78 is 27.9. The van der Waals surface area contributed by atoms with Crippen LogP contribution in [-0.2, 0) is 24.7 Å². The van der Waals surface area contributed by atoms with E-state index in [4.69, 9.17) is 23.2 Å². The largest absolute Gasteiger partial charge is 0.337 e. The Kier molecular flexibility index (Phi) is 6.27. The molecule has 1 heterocycles. The third kappa shape index (κ3) is 4.65. The number of nitrogens with one attached hydrogen (secondary N) is 3. The molecule has 172 valence electrons. The molecule has 0 spiro atoms. The van der Waals surface area contributed by atoms with Crippen LogP contribution in [0.1, 0.15) is 33.6 Å². The highest BCUT2D eigenvalue weighted by atomic mass is 35.5. The summed E-state index contributed by atoms with van der Waals surface area (Å²) in [6.07, 6.45) is -1.37. The maximum absolute atomic E-state index is 13.4. The van der Waals surface area contributed by atoms with Gasteiger partial charge in [0.15, 0.2) is 0 Å². The normalized spacial score (nSPS) is 14.1. The molecule has 0 atom stereocenters. The minimum Gasteiger partial charge on any atom is -0.337 e. The van der Waals surface area contributed by atoms with Crippen LogP contribution in [0.5, 0.6) is 0 Å². The van der Waals surface area contributed by atoms with Gasteiger partial charge in [0.25, 0.3) is 18.2 Å². The van der Waals surface area contributed by atoms with Gasteiger partial charge in [-0.25, -0.2) is 8.78 Å². The first-order valence-electron chi connectivity index (χ1n) is 9.91. The van der Waals surface area contributed by atoms with E-state index in [2.05, 4.69) is 21.3 Å². The Labute approximate surface area is 198 Å². The van der Waals surface area contributed by atoms with Crippen LogP contribution in [0.15, 0.2) is 48.7 Å². The molecule has 2 aromatic carbocycles. The number of hydrogen-bond acceptors (Lipinski definition) is 4. The van der Waals surface area contributed by atoms with Crippen molar-refractivity contribution in [3.63, 3.8) is 0 Å². The zero-order valence-corrected chi connectivity index (χ0v) is 18.8. The molecular weight excluding hydrogens is 475 g/mol. The van der Waals surface area contributed by atoms with Crippen LogP contribution < -0.4 is 16.2 Å². The van der Waals surface area contributed by atoms with E-state index >= 15 is 0 Å². The summed E-state index contributed by atoms with van der Waals surface area (Å²) in [6.45, 7) is 0. The Balaban J connectivity index is 1.61. The Bertz CT molecular complexity index is 1210. The van der Waals surface area contributed by atoms with E-state index in [0.29, 0.717) is 10.7 Å². The molecule has 33 heavy (non-hydrogen) atoms. The fraction of sp³-hybridized carbons (Fsp3) is 0.227. The van der Waals surface area contributed by atoms with Crippen molar-refractivity contribution >= 4 is 40.7 Å². The number of alkyl halides is 2. The fourth-order valence-electron chi connectivity index (χ4n) is 3.88. The number of hydrazine groups is 1. The second-order valence-corrected chi connectivity index (χ2v) is 8.61. The third-order valence-electron chi connectivity index (χ3n) is 5.44. The molecule has 0 aliphatic heterocycles.